The Hall–Kier alpha value is -0.600. The van der Waals surface area contributed by atoms with Gasteiger partial charge >= 0.3 is 0 Å². The summed E-state index contributed by atoms with van der Waals surface area (Å²) in [5, 5.41) is 10.2. The van der Waals surface area contributed by atoms with Gasteiger partial charge in [-0.3, -0.25) is 0 Å². The van der Waals surface area contributed by atoms with Gasteiger partial charge in [-0.1, -0.05) is 30.5 Å². The van der Waals surface area contributed by atoms with E-state index in [1.54, 1.807) is 12.1 Å². The molecule has 2 rings (SSSR count). The van der Waals surface area contributed by atoms with Crippen LogP contribution < -0.4 is 0 Å². The molecule has 0 saturated heterocycles. The van der Waals surface area contributed by atoms with Crippen LogP contribution in [0.2, 0.25) is 5.02 Å². The second-order valence-corrected chi connectivity index (χ2v) is 4.97. The molecule has 0 heterocycles. The summed E-state index contributed by atoms with van der Waals surface area (Å²) >= 11 is 5.70. The van der Waals surface area contributed by atoms with Gasteiger partial charge in [-0.25, -0.2) is 4.39 Å². The summed E-state index contributed by atoms with van der Waals surface area (Å²) in [6.45, 7) is 0. The molecule has 1 atom stereocenters. The van der Waals surface area contributed by atoms with Crippen molar-refractivity contribution >= 4 is 11.6 Å². The monoisotopic (exact) mass is 242 g/mol. The molecule has 16 heavy (non-hydrogen) atoms. The van der Waals surface area contributed by atoms with Crippen LogP contribution in [0.1, 0.15) is 31.2 Å². The average molecular weight is 243 g/mol. The lowest BCUT2D eigenvalue weighted by molar-refractivity contribution is 0.111. The fourth-order valence-electron chi connectivity index (χ4n) is 2.42. The first-order valence-corrected chi connectivity index (χ1v) is 6.16. The van der Waals surface area contributed by atoms with Crippen LogP contribution in [-0.2, 0) is 6.42 Å². The maximum Gasteiger partial charge on any atom is 0.141 e. The molecule has 0 radical (unpaired) electrons. The van der Waals surface area contributed by atoms with E-state index in [9.17, 15) is 9.50 Å². The molecular weight excluding hydrogens is 227 g/mol. The number of halogens is 2. The van der Waals surface area contributed by atoms with Crippen molar-refractivity contribution in [3.8, 4) is 0 Å². The van der Waals surface area contributed by atoms with E-state index in [1.165, 1.54) is 18.9 Å². The van der Waals surface area contributed by atoms with E-state index in [0.29, 0.717) is 12.3 Å². The lowest BCUT2D eigenvalue weighted by atomic mass is 9.95. The summed E-state index contributed by atoms with van der Waals surface area (Å²) in [5.41, 5.74) is 0.908. The van der Waals surface area contributed by atoms with Crippen molar-refractivity contribution in [2.24, 2.45) is 5.92 Å². The van der Waals surface area contributed by atoms with Crippen LogP contribution in [0.5, 0.6) is 0 Å². The zero-order valence-electron chi connectivity index (χ0n) is 9.13. The summed E-state index contributed by atoms with van der Waals surface area (Å²) in [5.74, 6) is 0.00426. The molecular formula is C13H16ClFO. The van der Waals surface area contributed by atoms with Crippen LogP contribution in [0.25, 0.3) is 0 Å². The molecule has 1 nitrogen and oxygen atoms in total. The molecule has 0 aromatic heterocycles. The lowest BCUT2D eigenvalue weighted by Gasteiger charge is -2.17. The normalized spacial score (nSPS) is 18.9. The highest BCUT2D eigenvalue weighted by Gasteiger charge is 2.23. The number of rotatable bonds is 3. The third kappa shape index (κ3) is 2.74. The maximum absolute atomic E-state index is 12.9. The second kappa shape index (κ2) is 5.15. The van der Waals surface area contributed by atoms with Crippen molar-refractivity contribution in [2.75, 3.05) is 0 Å². The molecule has 1 aromatic carbocycles. The van der Waals surface area contributed by atoms with E-state index in [-0.39, 0.29) is 11.1 Å². The second-order valence-electron chi connectivity index (χ2n) is 4.56. The highest BCUT2D eigenvalue weighted by Crippen LogP contribution is 2.29. The van der Waals surface area contributed by atoms with Gasteiger partial charge in [0.2, 0.25) is 0 Å². The lowest BCUT2D eigenvalue weighted by Crippen LogP contribution is -2.20. The van der Waals surface area contributed by atoms with Crippen molar-refractivity contribution in [3.63, 3.8) is 0 Å². The topological polar surface area (TPSA) is 20.2 Å². The van der Waals surface area contributed by atoms with Gasteiger partial charge in [0.15, 0.2) is 0 Å². The van der Waals surface area contributed by atoms with Crippen LogP contribution in [0.4, 0.5) is 4.39 Å². The summed E-state index contributed by atoms with van der Waals surface area (Å²) in [6.07, 6.45) is 4.90. The van der Waals surface area contributed by atoms with Crippen LogP contribution in [-0.4, -0.2) is 11.2 Å². The fourth-order valence-corrected chi connectivity index (χ4v) is 2.62. The standard InChI is InChI=1S/C13H16ClFO/c14-11-7-9(5-6-12(11)15)8-13(16)10-3-1-2-4-10/h5-7,10,13,16H,1-4,8H2. The highest BCUT2D eigenvalue weighted by molar-refractivity contribution is 6.30. The van der Waals surface area contributed by atoms with Gasteiger partial charge in [-0.05, 0) is 42.9 Å². The van der Waals surface area contributed by atoms with Crippen molar-refractivity contribution in [2.45, 2.75) is 38.2 Å². The first kappa shape index (κ1) is 11.9. The molecule has 1 aromatic rings. The first-order chi connectivity index (χ1) is 7.66. The van der Waals surface area contributed by atoms with Crippen molar-refractivity contribution in [1.29, 1.82) is 0 Å². The van der Waals surface area contributed by atoms with E-state index < -0.39 is 5.82 Å². The molecule has 0 amide bonds. The maximum atomic E-state index is 12.9. The Balaban J connectivity index is 1.99. The summed E-state index contributed by atoms with van der Waals surface area (Å²) in [7, 11) is 0. The third-order valence-electron chi connectivity index (χ3n) is 3.37. The van der Waals surface area contributed by atoms with Crippen LogP contribution in [0, 0.1) is 11.7 Å². The molecule has 1 aliphatic carbocycles. The molecule has 1 saturated carbocycles. The summed E-state index contributed by atoms with van der Waals surface area (Å²) in [4.78, 5) is 0. The molecule has 1 fully saturated rings. The van der Waals surface area contributed by atoms with E-state index in [2.05, 4.69) is 0 Å². The number of aliphatic hydroxyl groups excluding tert-OH is 1. The van der Waals surface area contributed by atoms with Gasteiger partial charge in [-0.2, -0.15) is 0 Å². The van der Waals surface area contributed by atoms with Crippen molar-refractivity contribution in [1.82, 2.24) is 0 Å². The number of benzene rings is 1. The Kier molecular flexibility index (Phi) is 3.82. The number of hydrogen-bond acceptors (Lipinski definition) is 1. The Morgan fingerprint density at radius 2 is 2.06 bits per heavy atom. The Bertz CT molecular complexity index is 361. The van der Waals surface area contributed by atoms with Crippen LogP contribution >= 0.6 is 11.6 Å². The largest absolute Gasteiger partial charge is 0.392 e. The number of aliphatic hydroxyl groups is 1. The quantitative estimate of drug-likeness (QED) is 0.859. The molecule has 0 bridgehead atoms. The number of hydrogen-bond donors (Lipinski definition) is 1. The fraction of sp³-hybridized carbons (Fsp3) is 0.538. The van der Waals surface area contributed by atoms with Crippen LogP contribution in [0.3, 0.4) is 0 Å². The highest BCUT2D eigenvalue weighted by atomic mass is 35.5. The minimum atomic E-state index is -0.402. The van der Waals surface area contributed by atoms with E-state index >= 15 is 0 Å². The molecule has 1 unspecified atom stereocenters. The van der Waals surface area contributed by atoms with Crippen molar-refractivity contribution < 1.29 is 9.50 Å². The predicted octanol–water partition coefficient (Wildman–Crippen LogP) is 3.57. The zero-order chi connectivity index (χ0) is 11.5. The minimum Gasteiger partial charge on any atom is -0.392 e. The zero-order valence-corrected chi connectivity index (χ0v) is 9.88. The van der Waals surface area contributed by atoms with Gasteiger partial charge in [0.05, 0.1) is 11.1 Å². The van der Waals surface area contributed by atoms with Gasteiger partial charge < -0.3 is 5.11 Å². The minimum absolute atomic E-state index is 0.135. The third-order valence-corrected chi connectivity index (χ3v) is 3.66. The molecule has 1 N–H and O–H groups in total. The van der Waals surface area contributed by atoms with E-state index in [0.717, 1.165) is 18.4 Å². The van der Waals surface area contributed by atoms with E-state index in [4.69, 9.17) is 11.6 Å². The molecule has 0 aliphatic heterocycles. The molecule has 0 spiro atoms. The van der Waals surface area contributed by atoms with E-state index in [1.807, 2.05) is 0 Å². The van der Waals surface area contributed by atoms with Gasteiger partial charge in [0, 0.05) is 0 Å². The Morgan fingerprint density at radius 1 is 1.38 bits per heavy atom. The van der Waals surface area contributed by atoms with Gasteiger partial charge in [-0.15, -0.1) is 0 Å². The smallest absolute Gasteiger partial charge is 0.141 e. The Morgan fingerprint density at radius 3 is 2.69 bits per heavy atom. The SMILES string of the molecule is OC(Cc1ccc(F)c(Cl)c1)C1CCCC1. The molecule has 1 aliphatic rings. The summed E-state index contributed by atoms with van der Waals surface area (Å²) < 4.78 is 12.9. The Labute approximate surface area is 100 Å². The van der Waals surface area contributed by atoms with Gasteiger partial charge in [0.1, 0.15) is 5.82 Å². The molecule has 3 heteroatoms. The average Bonchev–Trinajstić information content (AvgIpc) is 2.77. The van der Waals surface area contributed by atoms with Crippen molar-refractivity contribution in [3.05, 3.63) is 34.6 Å². The first-order valence-electron chi connectivity index (χ1n) is 5.79. The molecule has 88 valence electrons. The van der Waals surface area contributed by atoms with Gasteiger partial charge in [0.25, 0.3) is 0 Å². The van der Waals surface area contributed by atoms with Crippen LogP contribution in [0.15, 0.2) is 18.2 Å². The summed E-state index contributed by atoms with van der Waals surface area (Å²) in [6, 6.07) is 4.66. The predicted molar refractivity (Wildman–Crippen MR) is 63.1 cm³/mol.